The first-order valence-electron chi connectivity index (χ1n) is 9.00. The molecule has 0 bridgehead atoms. The SMILES string of the molecule is Cc1nc2nnc3ccc(C(=O)NC(C)C)cc3c2n1C1CCCC1. The van der Waals surface area contributed by atoms with E-state index in [9.17, 15) is 4.79 Å². The van der Waals surface area contributed by atoms with Crippen LogP contribution in [-0.4, -0.2) is 31.7 Å². The fourth-order valence-electron chi connectivity index (χ4n) is 3.86. The van der Waals surface area contributed by atoms with Crippen LogP contribution in [0.15, 0.2) is 18.2 Å². The van der Waals surface area contributed by atoms with E-state index in [2.05, 4.69) is 25.1 Å². The molecule has 1 N–H and O–H groups in total. The predicted molar refractivity (Wildman–Crippen MR) is 97.7 cm³/mol. The van der Waals surface area contributed by atoms with Crippen molar-refractivity contribution in [3.05, 3.63) is 29.6 Å². The third-order valence-corrected chi connectivity index (χ3v) is 4.94. The molecule has 1 aliphatic carbocycles. The van der Waals surface area contributed by atoms with E-state index in [1.807, 2.05) is 39.0 Å². The second-order valence-electron chi connectivity index (χ2n) is 7.20. The Morgan fingerprint density at radius 1 is 1.24 bits per heavy atom. The minimum Gasteiger partial charge on any atom is -0.350 e. The van der Waals surface area contributed by atoms with Crippen LogP contribution in [0.1, 0.15) is 61.8 Å². The fraction of sp³-hybridized carbons (Fsp3) is 0.474. The lowest BCUT2D eigenvalue weighted by atomic mass is 10.1. The number of benzene rings is 1. The van der Waals surface area contributed by atoms with Gasteiger partial charge >= 0.3 is 0 Å². The first-order chi connectivity index (χ1) is 12.0. The van der Waals surface area contributed by atoms with Gasteiger partial charge in [-0.25, -0.2) is 4.98 Å². The second kappa shape index (κ2) is 6.10. The van der Waals surface area contributed by atoms with Gasteiger partial charge in [0.25, 0.3) is 5.91 Å². The maximum Gasteiger partial charge on any atom is 0.251 e. The molecule has 130 valence electrons. The van der Waals surface area contributed by atoms with Crippen molar-refractivity contribution in [1.82, 2.24) is 25.1 Å². The van der Waals surface area contributed by atoms with Gasteiger partial charge < -0.3 is 9.88 Å². The summed E-state index contributed by atoms with van der Waals surface area (Å²) in [4.78, 5) is 17.0. The van der Waals surface area contributed by atoms with E-state index in [-0.39, 0.29) is 11.9 Å². The lowest BCUT2D eigenvalue weighted by molar-refractivity contribution is 0.0943. The number of nitrogens with one attached hydrogen (secondary N) is 1. The number of aryl methyl sites for hydroxylation is 1. The van der Waals surface area contributed by atoms with E-state index in [4.69, 9.17) is 0 Å². The summed E-state index contributed by atoms with van der Waals surface area (Å²) in [5.74, 6) is 0.909. The quantitative estimate of drug-likeness (QED) is 0.793. The van der Waals surface area contributed by atoms with E-state index in [0.29, 0.717) is 17.3 Å². The van der Waals surface area contributed by atoms with Crippen LogP contribution in [0.25, 0.3) is 22.1 Å². The molecule has 2 heterocycles. The largest absolute Gasteiger partial charge is 0.350 e. The average Bonchev–Trinajstić information content (AvgIpc) is 3.20. The summed E-state index contributed by atoms with van der Waals surface area (Å²) >= 11 is 0. The zero-order chi connectivity index (χ0) is 17.6. The molecule has 1 saturated carbocycles. The molecule has 3 aromatic rings. The summed E-state index contributed by atoms with van der Waals surface area (Å²) in [7, 11) is 0. The van der Waals surface area contributed by atoms with Crippen LogP contribution in [0.2, 0.25) is 0 Å². The fourth-order valence-corrected chi connectivity index (χ4v) is 3.86. The Hall–Kier alpha value is -2.50. The number of hydrogen-bond acceptors (Lipinski definition) is 4. The number of carbonyl (C=O) groups excluding carboxylic acids is 1. The van der Waals surface area contributed by atoms with Gasteiger partial charge in [0.2, 0.25) is 5.65 Å². The van der Waals surface area contributed by atoms with Crippen LogP contribution in [-0.2, 0) is 0 Å². The third kappa shape index (κ3) is 2.75. The van der Waals surface area contributed by atoms with Crippen molar-refractivity contribution >= 4 is 28.0 Å². The first-order valence-corrected chi connectivity index (χ1v) is 9.00. The van der Waals surface area contributed by atoms with Gasteiger partial charge in [-0.05, 0) is 51.8 Å². The molecule has 1 aliphatic rings. The van der Waals surface area contributed by atoms with Crippen LogP contribution >= 0.6 is 0 Å². The van der Waals surface area contributed by atoms with Crippen LogP contribution in [0.5, 0.6) is 0 Å². The zero-order valence-corrected chi connectivity index (χ0v) is 14.9. The molecule has 1 fully saturated rings. The van der Waals surface area contributed by atoms with E-state index >= 15 is 0 Å². The van der Waals surface area contributed by atoms with E-state index < -0.39 is 0 Å². The number of amides is 1. The van der Waals surface area contributed by atoms with Crippen molar-refractivity contribution in [1.29, 1.82) is 0 Å². The molecule has 25 heavy (non-hydrogen) atoms. The van der Waals surface area contributed by atoms with Crippen molar-refractivity contribution < 1.29 is 4.79 Å². The highest BCUT2D eigenvalue weighted by Crippen LogP contribution is 2.35. The van der Waals surface area contributed by atoms with Gasteiger partial charge in [-0.1, -0.05) is 12.8 Å². The molecule has 6 heteroatoms. The Balaban J connectivity index is 1.93. The van der Waals surface area contributed by atoms with Gasteiger partial charge in [0.05, 0.1) is 11.0 Å². The number of rotatable bonds is 3. The Morgan fingerprint density at radius 3 is 2.72 bits per heavy atom. The summed E-state index contributed by atoms with van der Waals surface area (Å²) in [6.07, 6.45) is 4.85. The Labute approximate surface area is 146 Å². The second-order valence-corrected chi connectivity index (χ2v) is 7.20. The monoisotopic (exact) mass is 337 g/mol. The van der Waals surface area contributed by atoms with Gasteiger partial charge in [0.1, 0.15) is 5.82 Å². The van der Waals surface area contributed by atoms with Gasteiger partial charge in [0, 0.05) is 23.0 Å². The van der Waals surface area contributed by atoms with Gasteiger partial charge in [-0.3, -0.25) is 4.79 Å². The average molecular weight is 337 g/mol. The predicted octanol–water partition coefficient (Wildman–Crippen LogP) is 3.54. The Kier molecular flexibility index (Phi) is 3.90. The first kappa shape index (κ1) is 16.0. The standard InChI is InChI=1S/C19H23N5O/c1-11(2)20-19(25)13-8-9-16-15(10-13)17-18(23-22-16)21-12(3)24(17)14-6-4-5-7-14/h8-11,14H,4-7H2,1-3H3,(H,20,25). The molecule has 0 unspecified atom stereocenters. The molecule has 0 atom stereocenters. The number of nitrogens with zero attached hydrogens (tertiary/aromatic N) is 4. The lowest BCUT2D eigenvalue weighted by Crippen LogP contribution is -2.30. The van der Waals surface area contributed by atoms with E-state index in [1.165, 1.54) is 25.7 Å². The van der Waals surface area contributed by atoms with Crippen LogP contribution in [0.3, 0.4) is 0 Å². The van der Waals surface area contributed by atoms with Gasteiger partial charge in [-0.2, -0.15) is 0 Å². The van der Waals surface area contributed by atoms with Crippen LogP contribution < -0.4 is 5.32 Å². The van der Waals surface area contributed by atoms with Crippen LogP contribution in [0.4, 0.5) is 0 Å². The van der Waals surface area contributed by atoms with Gasteiger partial charge in [0.15, 0.2) is 0 Å². The highest BCUT2D eigenvalue weighted by molar-refractivity contribution is 6.05. The normalized spacial score (nSPS) is 15.5. The van der Waals surface area contributed by atoms with E-state index in [0.717, 1.165) is 22.2 Å². The van der Waals surface area contributed by atoms with Crippen molar-refractivity contribution in [2.75, 3.05) is 0 Å². The lowest BCUT2D eigenvalue weighted by Gasteiger charge is -2.15. The maximum absolute atomic E-state index is 12.4. The molecule has 0 radical (unpaired) electrons. The van der Waals surface area contributed by atoms with Crippen molar-refractivity contribution in [3.8, 4) is 0 Å². The Morgan fingerprint density at radius 2 is 2.00 bits per heavy atom. The smallest absolute Gasteiger partial charge is 0.251 e. The molecule has 0 saturated heterocycles. The van der Waals surface area contributed by atoms with Crippen LogP contribution in [0, 0.1) is 6.92 Å². The maximum atomic E-state index is 12.4. The minimum absolute atomic E-state index is 0.0643. The summed E-state index contributed by atoms with van der Waals surface area (Å²) in [5, 5.41) is 12.5. The molecular weight excluding hydrogens is 314 g/mol. The number of aromatic nitrogens is 4. The molecule has 4 rings (SSSR count). The highest BCUT2D eigenvalue weighted by Gasteiger charge is 2.23. The van der Waals surface area contributed by atoms with Crippen molar-refractivity contribution in [2.24, 2.45) is 0 Å². The molecule has 0 spiro atoms. The highest BCUT2D eigenvalue weighted by atomic mass is 16.1. The minimum atomic E-state index is -0.0643. The number of imidazole rings is 1. The summed E-state index contributed by atoms with van der Waals surface area (Å²) < 4.78 is 2.31. The molecule has 2 aromatic heterocycles. The number of carbonyl (C=O) groups is 1. The molecule has 1 aromatic carbocycles. The zero-order valence-electron chi connectivity index (χ0n) is 14.9. The third-order valence-electron chi connectivity index (χ3n) is 4.94. The number of fused-ring (bicyclic) bond motifs is 3. The molecule has 1 amide bonds. The molecular formula is C19H23N5O. The number of hydrogen-bond donors (Lipinski definition) is 1. The topological polar surface area (TPSA) is 72.7 Å². The summed E-state index contributed by atoms with van der Waals surface area (Å²) in [6.45, 7) is 5.95. The summed E-state index contributed by atoms with van der Waals surface area (Å²) in [6, 6.07) is 6.18. The van der Waals surface area contributed by atoms with Gasteiger partial charge in [-0.15, -0.1) is 10.2 Å². The van der Waals surface area contributed by atoms with Crippen molar-refractivity contribution in [3.63, 3.8) is 0 Å². The summed E-state index contributed by atoms with van der Waals surface area (Å²) in [5.41, 5.74) is 3.12. The molecule has 6 nitrogen and oxygen atoms in total. The van der Waals surface area contributed by atoms with E-state index in [1.54, 1.807) is 0 Å². The molecule has 0 aliphatic heterocycles. The van der Waals surface area contributed by atoms with Crippen molar-refractivity contribution in [2.45, 2.75) is 58.5 Å². The Bertz CT molecular complexity index is 953.